The van der Waals surface area contributed by atoms with Crippen LogP contribution in [0.1, 0.15) is 0 Å². The van der Waals surface area contributed by atoms with E-state index in [4.69, 9.17) is 14.9 Å². The van der Waals surface area contributed by atoms with Crippen LogP contribution in [0.4, 0.5) is 5.95 Å². The predicted octanol–water partition coefficient (Wildman–Crippen LogP) is -0.881. The van der Waals surface area contributed by atoms with Crippen LogP contribution >= 0.6 is 0 Å². The van der Waals surface area contributed by atoms with Gasteiger partial charge in [0.1, 0.15) is 18.5 Å². The minimum atomic E-state index is -0.979. The summed E-state index contributed by atoms with van der Waals surface area (Å²) in [5.41, 5.74) is 0. The van der Waals surface area contributed by atoms with Crippen LogP contribution in [0.25, 0.3) is 0 Å². The third kappa shape index (κ3) is 3.27. The summed E-state index contributed by atoms with van der Waals surface area (Å²) in [6.07, 6.45) is 1.69. The number of imidazole rings is 1. The molecule has 0 aliphatic carbocycles. The van der Waals surface area contributed by atoms with E-state index in [1.165, 1.54) is 17.0 Å². The van der Waals surface area contributed by atoms with Crippen LogP contribution in [-0.4, -0.2) is 44.0 Å². The van der Waals surface area contributed by atoms with E-state index in [2.05, 4.69) is 4.98 Å². The molecule has 2 N–H and O–H groups in total. The van der Waals surface area contributed by atoms with Crippen molar-refractivity contribution in [2.75, 3.05) is 13.2 Å². The lowest BCUT2D eigenvalue weighted by atomic mass is 10.4. The van der Waals surface area contributed by atoms with Gasteiger partial charge in [0.2, 0.25) is 0 Å². The molecule has 0 aromatic carbocycles. The average molecular weight is 217 g/mol. The Morgan fingerprint density at radius 2 is 2.47 bits per heavy atom. The average Bonchev–Trinajstić information content (AvgIpc) is 2.65. The third-order valence-electron chi connectivity index (χ3n) is 1.61. The van der Waals surface area contributed by atoms with Gasteiger partial charge in [0.25, 0.3) is 0 Å². The van der Waals surface area contributed by atoms with Crippen LogP contribution in [0.15, 0.2) is 12.4 Å². The number of aliphatic hydroxyl groups is 2. The molecule has 0 fully saturated rings. The van der Waals surface area contributed by atoms with Gasteiger partial charge >= 0.3 is 5.95 Å². The van der Waals surface area contributed by atoms with Crippen molar-refractivity contribution in [3.8, 4) is 0 Å². The maximum Gasteiger partial charge on any atom is 0.436 e. The van der Waals surface area contributed by atoms with Crippen molar-refractivity contribution in [1.82, 2.24) is 9.55 Å². The fourth-order valence-electron chi connectivity index (χ4n) is 0.914. The van der Waals surface area contributed by atoms with Gasteiger partial charge in [-0.2, -0.15) is 0 Å². The highest BCUT2D eigenvalue weighted by Gasteiger charge is 2.13. The van der Waals surface area contributed by atoms with E-state index in [1.54, 1.807) is 0 Å². The molecule has 0 radical (unpaired) electrons. The highest BCUT2D eigenvalue weighted by atomic mass is 16.6. The third-order valence-corrected chi connectivity index (χ3v) is 1.61. The summed E-state index contributed by atoms with van der Waals surface area (Å²) in [5, 5.41) is 27.8. The minimum absolute atomic E-state index is 0.0899. The van der Waals surface area contributed by atoms with E-state index >= 15 is 0 Å². The number of hydrogen-bond donors (Lipinski definition) is 2. The van der Waals surface area contributed by atoms with Gasteiger partial charge in [0, 0.05) is 0 Å². The van der Waals surface area contributed by atoms with E-state index < -0.39 is 17.6 Å². The summed E-state index contributed by atoms with van der Waals surface area (Å²) >= 11 is 0. The Morgan fingerprint density at radius 1 is 1.73 bits per heavy atom. The Morgan fingerprint density at radius 3 is 3.07 bits per heavy atom. The molecule has 84 valence electrons. The fourth-order valence-corrected chi connectivity index (χ4v) is 0.914. The summed E-state index contributed by atoms with van der Waals surface area (Å²) in [5.74, 6) is -0.325. The quantitative estimate of drug-likeness (QED) is 0.472. The van der Waals surface area contributed by atoms with Gasteiger partial charge in [-0.25, -0.2) is 4.57 Å². The highest BCUT2D eigenvalue weighted by molar-refractivity contribution is 5.05. The molecule has 1 aromatic heterocycles. The maximum absolute atomic E-state index is 10.4. The Labute approximate surface area is 84.9 Å². The Balaban J connectivity index is 2.44. The summed E-state index contributed by atoms with van der Waals surface area (Å²) < 4.78 is 6.11. The zero-order chi connectivity index (χ0) is 11.3. The van der Waals surface area contributed by atoms with Gasteiger partial charge in [0.05, 0.1) is 13.2 Å². The Bertz CT molecular complexity index is 326. The summed E-state index contributed by atoms with van der Waals surface area (Å²) in [6, 6.07) is 0. The second-order valence-electron chi connectivity index (χ2n) is 2.79. The molecule has 0 bridgehead atoms. The smallest absolute Gasteiger partial charge is 0.394 e. The standard InChI is InChI=1S/C7H11N3O5/c11-3-6(12)4-15-5-9-2-1-8-7(9)10(13)14/h1-2,6,11-12H,3-5H2. The van der Waals surface area contributed by atoms with E-state index in [-0.39, 0.29) is 19.3 Å². The molecule has 0 spiro atoms. The maximum atomic E-state index is 10.4. The molecule has 1 aromatic rings. The van der Waals surface area contributed by atoms with Gasteiger partial charge in [-0.3, -0.25) is 0 Å². The first-order chi connectivity index (χ1) is 7.15. The van der Waals surface area contributed by atoms with Crippen molar-refractivity contribution in [3.05, 3.63) is 22.5 Å². The molecule has 0 aliphatic heterocycles. The van der Waals surface area contributed by atoms with Gasteiger partial charge in [-0.15, -0.1) is 0 Å². The number of nitro groups is 1. The molecule has 0 saturated carbocycles. The zero-order valence-electron chi connectivity index (χ0n) is 7.81. The summed E-state index contributed by atoms with van der Waals surface area (Å²) in [7, 11) is 0. The number of ether oxygens (including phenoxy) is 1. The Hall–Kier alpha value is -1.51. The molecule has 8 heteroatoms. The minimum Gasteiger partial charge on any atom is -0.394 e. The molecule has 1 atom stereocenters. The molecule has 0 aliphatic rings. The lowest BCUT2D eigenvalue weighted by molar-refractivity contribution is -0.397. The van der Waals surface area contributed by atoms with Crippen molar-refractivity contribution in [3.63, 3.8) is 0 Å². The van der Waals surface area contributed by atoms with E-state index in [0.29, 0.717) is 0 Å². The molecule has 1 rings (SSSR count). The van der Waals surface area contributed by atoms with Crippen molar-refractivity contribution in [1.29, 1.82) is 0 Å². The second-order valence-corrected chi connectivity index (χ2v) is 2.79. The first-order valence-corrected chi connectivity index (χ1v) is 4.17. The molecule has 1 unspecified atom stereocenters. The molecular weight excluding hydrogens is 206 g/mol. The van der Waals surface area contributed by atoms with Crippen LogP contribution < -0.4 is 0 Å². The lowest BCUT2D eigenvalue weighted by Crippen LogP contribution is -2.20. The fraction of sp³-hybridized carbons (Fsp3) is 0.571. The van der Waals surface area contributed by atoms with E-state index in [9.17, 15) is 10.1 Å². The Kier molecular flexibility index (Phi) is 4.16. The number of nitrogens with zero attached hydrogens (tertiary/aromatic N) is 3. The van der Waals surface area contributed by atoms with Crippen molar-refractivity contribution >= 4 is 5.95 Å². The number of aromatic nitrogens is 2. The molecule has 1 heterocycles. The number of aliphatic hydroxyl groups excluding tert-OH is 2. The van der Waals surface area contributed by atoms with Crippen molar-refractivity contribution < 1.29 is 19.9 Å². The molecule has 8 nitrogen and oxygen atoms in total. The summed E-state index contributed by atoms with van der Waals surface area (Å²) in [6.45, 7) is -0.592. The SMILES string of the molecule is O=[N+]([O-])c1nccn1COCC(O)CO. The molecule has 0 amide bonds. The van der Waals surface area contributed by atoms with Gasteiger partial charge in [-0.05, 0) is 4.92 Å². The molecule has 0 saturated heterocycles. The van der Waals surface area contributed by atoms with Gasteiger partial charge in [-0.1, -0.05) is 4.98 Å². The van der Waals surface area contributed by atoms with Crippen molar-refractivity contribution in [2.45, 2.75) is 12.8 Å². The van der Waals surface area contributed by atoms with Crippen molar-refractivity contribution in [2.24, 2.45) is 0 Å². The van der Waals surface area contributed by atoms with Gasteiger partial charge < -0.3 is 25.1 Å². The van der Waals surface area contributed by atoms with E-state index in [0.717, 1.165) is 0 Å². The van der Waals surface area contributed by atoms with Crippen LogP contribution in [0, 0.1) is 10.1 Å². The number of rotatable bonds is 6. The van der Waals surface area contributed by atoms with Crippen LogP contribution in [0.3, 0.4) is 0 Å². The first-order valence-electron chi connectivity index (χ1n) is 4.17. The second kappa shape index (κ2) is 5.39. The number of hydrogen-bond acceptors (Lipinski definition) is 6. The highest BCUT2D eigenvalue weighted by Crippen LogP contribution is 2.06. The monoisotopic (exact) mass is 217 g/mol. The largest absolute Gasteiger partial charge is 0.436 e. The van der Waals surface area contributed by atoms with Gasteiger partial charge in [0.15, 0.2) is 6.73 Å². The van der Waals surface area contributed by atoms with E-state index in [1.807, 2.05) is 0 Å². The lowest BCUT2D eigenvalue weighted by Gasteiger charge is -2.07. The van der Waals surface area contributed by atoms with Crippen LogP contribution in [0.5, 0.6) is 0 Å². The normalized spacial score (nSPS) is 12.7. The first kappa shape index (κ1) is 11.6. The molecular formula is C7H11N3O5. The topological polar surface area (TPSA) is 111 Å². The van der Waals surface area contributed by atoms with Crippen LogP contribution in [0.2, 0.25) is 0 Å². The zero-order valence-corrected chi connectivity index (χ0v) is 7.81. The van der Waals surface area contributed by atoms with Crippen LogP contribution in [-0.2, 0) is 11.5 Å². The summed E-state index contributed by atoms with van der Waals surface area (Å²) in [4.78, 5) is 13.3. The molecule has 15 heavy (non-hydrogen) atoms. The predicted molar refractivity (Wildman–Crippen MR) is 47.9 cm³/mol.